The largest absolute Gasteiger partial charge is 0.573 e. The van der Waals surface area contributed by atoms with E-state index in [0.717, 1.165) is 5.69 Å². The number of alkyl halides is 3. The number of ether oxygens (including phenoxy) is 1. The van der Waals surface area contributed by atoms with Gasteiger partial charge in [0.1, 0.15) is 11.7 Å². The Hall–Kier alpha value is -3.03. The fourth-order valence-electron chi connectivity index (χ4n) is 2.91. The number of hydrogen-bond donors (Lipinski definition) is 1. The summed E-state index contributed by atoms with van der Waals surface area (Å²) >= 11 is 0. The third-order valence-corrected chi connectivity index (χ3v) is 4.21. The van der Waals surface area contributed by atoms with E-state index in [-0.39, 0.29) is 18.2 Å². The molecule has 27 heavy (non-hydrogen) atoms. The van der Waals surface area contributed by atoms with Crippen LogP contribution in [0.15, 0.2) is 54.6 Å². The Morgan fingerprint density at radius 2 is 1.78 bits per heavy atom. The summed E-state index contributed by atoms with van der Waals surface area (Å²) in [5, 5.41) is 2.66. The quantitative estimate of drug-likeness (QED) is 0.813. The molecule has 1 atom stereocenters. The van der Waals surface area contributed by atoms with Crippen molar-refractivity contribution < 1.29 is 27.5 Å². The fourth-order valence-corrected chi connectivity index (χ4v) is 2.91. The highest BCUT2D eigenvalue weighted by molar-refractivity contribution is 6.09. The Bertz CT molecular complexity index is 807. The van der Waals surface area contributed by atoms with Crippen molar-refractivity contribution in [1.29, 1.82) is 0 Å². The minimum Gasteiger partial charge on any atom is -0.406 e. The average Bonchev–Trinajstić information content (AvgIpc) is 3.02. The summed E-state index contributed by atoms with van der Waals surface area (Å²) in [6.45, 7) is 0.574. The molecule has 5 nitrogen and oxygen atoms in total. The first-order valence-corrected chi connectivity index (χ1v) is 8.32. The van der Waals surface area contributed by atoms with Crippen LogP contribution in [0.5, 0.6) is 5.75 Å². The standard InChI is InChI=1S/C19H17F3N2O3/c20-19(21,22)27-15-8-6-13(7-9-15)12-23-17(25)16-10-11-24(18(16)26)14-4-2-1-3-5-14/h1-9,16H,10-12H2,(H,23,25)/t16-/m1/s1. The van der Waals surface area contributed by atoms with Crippen molar-refractivity contribution in [1.82, 2.24) is 5.32 Å². The van der Waals surface area contributed by atoms with Crippen LogP contribution in [0.4, 0.5) is 18.9 Å². The predicted molar refractivity (Wildman–Crippen MR) is 91.9 cm³/mol. The molecule has 1 saturated heterocycles. The molecule has 1 aliphatic heterocycles. The molecule has 0 spiro atoms. The summed E-state index contributed by atoms with van der Waals surface area (Å²) in [5.41, 5.74) is 1.35. The molecule has 0 unspecified atom stereocenters. The summed E-state index contributed by atoms with van der Waals surface area (Å²) in [4.78, 5) is 26.4. The number of carbonyl (C=O) groups is 2. The van der Waals surface area contributed by atoms with E-state index in [4.69, 9.17) is 0 Å². The summed E-state index contributed by atoms with van der Waals surface area (Å²) in [5.74, 6) is -1.75. The Kier molecular flexibility index (Phi) is 5.34. The number of rotatable bonds is 5. The molecule has 1 fully saturated rings. The number of nitrogens with one attached hydrogen (secondary N) is 1. The zero-order valence-corrected chi connectivity index (χ0v) is 14.2. The van der Waals surface area contributed by atoms with E-state index < -0.39 is 18.2 Å². The maximum Gasteiger partial charge on any atom is 0.573 e. The van der Waals surface area contributed by atoms with Gasteiger partial charge in [0.2, 0.25) is 11.8 Å². The summed E-state index contributed by atoms with van der Waals surface area (Å²) in [6, 6.07) is 14.3. The molecule has 3 rings (SSSR count). The van der Waals surface area contributed by atoms with Crippen LogP contribution < -0.4 is 15.0 Å². The van der Waals surface area contributed by atoms with Crippen molar-refractivity contribution in [2.75, 3.05) is 11.4 Å². The molecule has 1 N–H and O–H groups in total. The molecular formula is C19H17F3N2O3. The van der Waals surface area contributed by atoms with Crippen molar-refractivity contribution in [3.8, 4) is 5.75 Å². The summed E-state index contributed by atoms with van der Waals surface area (Å²) in [7, 11) is 0. The molecule has 142 valence electrons. The van der Waals surface area contributed by atoms with Crippen molar-refractivity contribution in [2.45, 2.75) is 19.3 Å². The first kappa shape index (κ1) is 18.8. The topological polar surface area (TPSA) is 58.6 Å². The lowest BCUT2D eigenvalue weighted by Crippen LogP contribution is -2.36. The molecule has 1 heterocycles. The lowest BCUT2D eigenvalue weighted by Gasteiger charge is -2.16. The number of nitrogens with zero attached hydrogens (tertiary/aromatic N) is 1. The number of para-hydroxylation sites is 1. The van der Waals surface area contributed by atoms with E-state index in [1.54, 1.807) is 4.90 Å². The van der Waals surface area contributed by atoms with Gasteiger partial charge in [0, 0.05) is 18.8 Å². The van der Waals surface area contributed by atoms with E-state index >= 15 is 0 Å². The average molecular weight is 378 g/mol. The Morgan fingerprint density at radius 1 is 1.11 bits per heavy atom. The summed E-state index contributed by atoms with van der Waals surface area (Å²) in [6.07, 6.45) is -4.33. The number of anilines is 1. The van der Waals surface area contributed by atoms with Crippen LogP contribution in [0.2, 0.25) is 0 Å². The molecule has 2 aromatic rings. The maximum atomic E-state index is 12.5. The smallest absolute Gasteiger partial charge is 0.406 e. The van der Waals surface area contributed by atoms with Gasteiger partial charge in [0.25, 0.3) is 0 Å². The van der Waals surface area contributed by atoms with Crippen molar-refractivity contribution in [3.63, 3.8) is 0 Å². The van der Waals surface area contributed by atoms with Gasteiger partial charge in [-0.2, -0.15) is 0 Å². The minimum absolute atomic E-state index is 0.111. The molecule has 2 aromatic carbocycles. The van der Waals surface area contributed by atoms with E-state index in [9.17, 15) is 22.8 Å². The van der Waals surface area contributed by atoms with Gasteiger partial charge in [0.05, 0.1) is 0 Å². The molecule has 0 radical (unpaired) electrons. The van der Waals surface area contributed by atoms with Gasteiger partial charge in [0.15, 0.2) is 0 Å². The van der Waals surface area contributed by atoms with Crippen molar-refractivity contribution >= 4 is 17.5 Å². The second-order valence-corrected chi connectivity index (χ2v) is 6.08. The van der Waals surface area contributed by atoms with Crippen LogP contribution in [-0.2, 0) is 16.1 Å². The molecule has 2 amide bonds. The summed E-state index contributed by atoms with van der Waals surface area (Å²) < 4.78 is 40.2. The molecule has 0 aromatic heterocycles. The van der Waals surface area contributed by atoms with Gasteiger partial charge >= 0.3 is 6.36 Å². The van der Waals surface area contributed by atoms with Gasteiger partial charge in [-0.25, -0.2) is 0 Å². The highest BCUT2D eigenvalue weighted by atomic mass is 19.4. The predicted octanol–water partition coefficient (Wildman–Crippen LogP) is 3.25. The van der Waals surface area contributed by atoms with Crippen molar-refractivity contribution in [3.05, 3.63) is 60.2 Å². The third kappa shape index (κ3) is 4.78. The normalized spacial score (nSPS) is 17.1. The van der Waals surface area contributed by atoms with Gasteiger partial charge in [-0.15, -0.1) is 13.2 Å². The van der Waals surface area contributed by atoms with E-state index in [0.29, 0.717) is 18.5 Å². The lowest BCUT2D eigenvalue weighted by molar-refractivity contribution is -0.274. The van der Waals surface area contributed by atoms with Crippen LogP contribution >= 0.6 is 0 Å². The van der Waals surface area contributed by atoms with E-state index in [1.807, 2.05) is 30.3 Å². The third-order valence-electron chi connectivity index (χ3n) is 4.21. The molecule has 1 aliphatic rings. The van der Waals surface area contributed by atoms with Crippen LogP contribution in [0.3, 0.4) is 0 Å². The Labute approximate surface area is 153 Å². The fraction of sp³-hybridized carbons (Fsp3) is 0.263. The lowest BCUT2D eigenvalue weighted by atomic mass is 10.1. The van der Waals surface area contributed by atoms with E-state index in [1.165, 1.54) is 24.3 Å². The highest BCUT2D eigenvalue weighted by Crippen LogP contribution is 2.25. The van der Waals surface area contributed by atoms with Crippen molar-refractivity contribution in [2.24, 2.45) is 5.92 Å². The minimum atomic E-state index is -4.75. The van der Waals surface area contributed by atoms with E-state index in [2.05, 4.69) is 10.1 Å². The Morgan fingerprint density at radius 3 is 2.41 bits per heavy atom. The number of amides is 2. The number of benzene rings is 2. The van der Waals surface area contributed by atoms with Gasteiger partial charge in [-0.3, -0.25) is 9.59 Å². The molecule has 0 aliphatic carbocycles. The second-order valence-electron chi connectivity index (χ2n) is 6.08. The number of hydrogen-bond acceptors (Lipinski definition) is 3. The SMILES string of the molecule is O=C(NCc1ccc(OC(F)(F)F)cc1)[C@H]1CCN(c2ccccc2)C1=O. The maximum absolute atomic E-state index is 12.5. The molecule has 8 heteroatoms. The van der Waals surface area contributed by atoms with Crippen LogP contribution in [0.25, 0.3) is 0 Å². The van der Waals surface area contributed by atoms with Crippen LogP contribution in [0.1, 0.15) is 12.0 Å². The number of carbonyl (C=O) groups excluding carboxylic acids is 2. The monoisotopic (exact) mass is 378 g/mol. The highest BCUT2D eigenvalue weighted by Gasteiger charge is 2.37. The first-order chi connectivity index (χ1) is 12.8. The molecule has 0 bridgehead atoms. The zero-order chi connectivity index (χ0) is 19.4. The Balaban J connectivity index is 1.54. The van der Waals surface area contributed by atoms with Crippen LogP contribution in [-0.4, -0.2) is 24.7 Å². The van der Waals surface area contributed by atoms with Gasteiger partial charge in [-0.05, 0) is 36.2 Å². The molecular weight excluding hydrogens is 361 g/mol. The van der Waals surface area contributed by atoms with Gasteiger partial charge < -0.3 is 15.0 Å². The second kappa shape index (κ2) is 7.69. The first-order valence-electron chi connectivity index (χ1n) is 8.32. The molecule has 0 saturated carbocycles. The van der Waals surface area contributed by atoms with Gasteiger partial charge in [-0.1, -0.05) is 30.3 Å². The van der Waals surface area contributed by atoms with Crippen LogP contribution in [0, 0.1) is 5.92 Å². The zero-order valence-electron chi connectivity index (χ0n) is 14.2. The number of halogens is 3.